The number of amides is 1. The maximum atomic E-state index is 12.9. The van der Waals surface area contributed by atoms with Crippen molar-refractivity contribution in [2.75, 3.05) is 31.1 Å². The van der Waals surface area contributed by atoms with Gasteiger partial charge in [-0.15, -0.1) is 0 Å². The first kappa shape index (κ1) is 19.0. The second-order valence-electron chi connectivity index (χ2n) is 7.46. The lowest BCUT2D eigenvalue weighted by Crippen LogP contribution is -2.48. The van der Waals surface area contributed by atoms with Crippen molar-refractivity contribution in [1.82, 2.24) is 24.6 Å². The highest BCUT2D eigenvalue weighted by molar-refractivity contribution is 5.93. The van der Waals surface area contributed by atoms with Gasteiger partial charge >= 0.3 is 0 Å². The van der Waals surface area contributed by atoms with Crippen LogP contribution in [0.4, 0.5) is 5.69 Å². The highest BCUT2D eigenvalue weighted by Gasteiger charge is 2.25. The molecule has 1 fully saturated rings. The number of carbonyl (C=O) groups excluding carboxylic acids is 1. The summed E-state index contributed by atoms with van der Waals surface area (Å²) in [4.78, 5) is 37.4. The highest BCUT2D eigenvalue weighted by Crippen LogP contribution is 2.22. The van der Waals surface area contributed by atoms with Crippen molar-refractivity contribution >= 4 is 22.5 Å². The van der Waals surface area contributed by atoms with E-state index in [1.54, 1.807) is 36.5 Å². The number of benzene rings is 1. The number of aryl methyl sites for hydroxylation is 1. The third kappa shape index (κ3) is 3.54. The van der Waals surface area contributed by atoms with E-state index in [1.807, 2.05) is 24.3 Å². The predicted molar refractivity (Wildman–Crippen MR) is 115 cm³/mol. The molecule has 0 saturated carbocycles. The number of pyridine rings is 1. The number of piperazine rings is 1. The van der Waals surface area contributed by atoms with Gasteiger partial charge in [0.25, 0.3) is 11.5 Å². The molecule has 0 atom stereocenters. The summed E-state index contributed by atoms with van der Waals surface area (Å²) in [5.74, 6) is 0.368. The maximum absolute atomic E-state index is 12.9. The van der Waals surface area contributed by atoms with E-state index in [9.17, 15) is 9.59 Å². The van der Waals surface area contributed by atoms with Gasteiger partial charge in [0.1, 0.15) is 0 Å². The Morgan fingerprint density at radius 2 is 1.94 bits per heavy atom. The Hall–Kier alpha value is -4.01. The molecule has 0 spiro atoms. The minimum Gasteiger partial charge on any atom is -0.368 e. The summed E-state index contributed by atoms with van der Waals surface area (Å²) in [7, 11) is 1.69. The van der Waals surface area contributed by atoms with Crippen LogP contribution in [0.3, 0.4) is 0 Å². The number of nitrogens with zero attached hydrogens (tertiary/aromatic N) is 6. The van der Waals surface area contributed by atoms with Crippen molar-refractivity contribution in [3.8, 4) is 11.3 Å². The highest BCUT2D eigenvalue weighted by atomic mass is 16.5. The van der Waals surface area contributed by atoms with Crippen LogP contribution in [-0.4, -0.2) is 56.7 Å². The predicted octanol–water partition coefficient (Wildman–Crippen LogP) is 1.95. The smallest absolute Gasteiger partial charge is 0.276 e. The molecule has 5 rings (SSSR count). The largest absolute Gasteiger partial charge is 0.368 e. The lowest BCUT2D eigenvalue weighted by atomic mass is 10.2. The molecule has 0 aliphatic carbocycles. The van der Waals surface area contributed by atoms with Crippen molar-refractivity contribution in [3.63, 3.8) is 0 Å². The van der Waals surface area contributed by atoms with Crippen molar-refractivity contribution < 1.29 is 9.32 Å². The van der Waals surface area contributed by atoms with Crippen LogP contribution in [0.5, 0.6) is 0 Å². The number of hydrogen-bond donors (Lipinski definition) is 0. The lowest BCUT2D eigenvalue weighted by molar-refractivity contribution is 0.0736. The average molecular weight is 416 g/mol. The number of rotatable bonds is 3. The van der Waals surface area contributed by atoms with E-state index in [2.05, 4.69) is 20.0 Å². The van der Waals surface area contributed by atoms with Crippen LogP contribution >= 0.6 is 0 Å². The van der Waals surface area contributed by atoms with Crippen LogP contribution in [0.15, 0.2) is 64.4 Å². The summed E-state index contributed by atoms with van der Waals surface area (Å²) in [6.07, 6.45) is 4.88. The third-order valence-electron chi connectivity index (χ3n) is 5.51. The molecule has 9 heteroatoms. The molecule has 0 bridgehead atoms. The maximum Gasteiger partial charge on any atom is 0.276 e. The van der Waals surface area contributed by atoms with Crippen LogP contribution in [0.1, 0.15) is 10.5 Å². The van der Waals surface area contributed by atoms with Gasteiger partial charge in [-0.2, -0.15) is 0 Å². The normalized spacial score (nSPS) is 14.2. The van der Waals surface area contributed by atoms with Crippen molar-refractivity contribution in [2.24, 2.45) is 7.05 Å². The van der Waals surface area contributed by atoms with Gasteiger partial charge in [-0.05, 0) is 30.3 Å². The molecule has 31 heavy (non-hydrogen) atoms. The molecule has 1 saturated heterocycles. The van der Waals surface area contributed by atoms with Crippen molar-refractivity contribution in [3.05, 3.63) is 71.2 Å². The lowest BCUT2D eigenvalue weighted by Gasteiger charge is -2.35. The zero-order valence-corrected chi connectivity index (χ0v) is 16.9. The van der Waals surface area contributed by atoms with Gasteiger partial charge in [-0.1, -0.05) is 5.16 Å². The Balaban J connectivity index is 1.28. The minimum absolute atomic E-state index is 0.0646. The standard InChI is InChI=1S/C22H20N6O3/c1-26-14-24-18-11-16(4-5-17(18)21(26)29)27-7-9-28(10-8-27)22(30)19-12-20(31-25-19)15-3-2-6-23-13-15/h2-6,11-14H,7-10H2,1H3. The molecular formula is C22H20N6O3. The van der Waals surface area contributed by atoms with Crippen LogP contribution in [0.25, 0.3) is 22.2 Å². The summed E-state index contributed by atoms with van der Waals surface area (Å²) in [5, 5.41) is 4.54. The molecule has 0 N–H and O–H groups in total. The molecule has 1 aliphatic rings. The summed E-state index contributed by atoms with van der Waals surface area (Å²) in [6, 6.07) is 11.0. The van der Waals surface area contributed by atoms with E-state index in [1.165, 1.54) is 10.9 Å². The zero-order chi connectivity index (χ0) is 21.4. The first-order valence-corrected chi connectivity index (χ1v) is 9.97. The van der Waals surface area contributed by atoms with Crippen molar-refractivity contribution in [1.29, 1.82) is 0 Å². The quantitative estimate of drug-likeness (QED) is 0.503. The van der Waals surface area contributed by atoms with Gasteiger partial charge in [-0.3, -0.25) is 14.6 Å². The Kier molecular flexibility index (Phi) is 4.70. The molecule has 3 aromatic heterocycles. The summed E-state index contributed by atoms with van der Waals surface area (Å²) in [5.41, 5.74) is 2.66. The molecule has 0 radical (unpaired) electrons. The zero-order valence-electron chi connectivity index (χ0n) is 16.9. The monoisotopic (exact) mass is 416 g/mol. The van der Waals surface area contributed by atoms with Gasteiger partial charge < -0.3 is 18.9 Å². The SMILES string of the molecule is Cn1cnc2cc(N3CCN(C(=O)c4cc(-c5cccnc5)on4)CC3)ccc2c1=O. The molecule has 1 aliphatic heterocycles. The first-order valence-electron chi connectivity index (χ1n) is 9.97. The van der Waals surface area contributed by atoms with Crippen LogP contribution in [0, 0.1) is 0 Å². The second kappa shape index (κ2) is 7.67. The molecule has 1 aromatic carbocycles. The van der Waals surface area contributed by atoms with E-state index in [0.29, 0.717) is 42.8 Å². The van der Waals surface area contributed by atoms with Gasteiger partial charge in [0, 0.05) is 62.9 Å². The molecule has 1 amide bonds. The minimum atomic E-state index is -0.151. The Morgan fingerprint density at radius 3 is 2.71 bits per heavy atom. The third-order valence-corrected chi connectivity index (χ3v) is 5.51. The fraction of sp³-hybridized carbons (Fsp3) is 0.227. The van der Waals surface area contributed by atoms with E-state index in [4.69, 9.17) is 4.52 Å². The molecule has 9 nitrogen and oxygen atoms in total. The van der Waals surface area contributed by atoms with E-state index >= 15 is 0 Å². The van der Waals surface area contributed by atoms with E-state index in [0.717, 1.165) is 11.3 Å². The Morgan fingerprint density at radius 1 is 1.10 bits per heavy atom. The van der Waals surface area contributed by atoms with E-state index < -0.39 is 0 Å². The average Bonchev–Trinajstić information content (AvgIpc) is 3.32. The number of hydrogen-bond acceptors (Lipinski definition) is 7. The fourth-order valence-corrected chi connectivity index (χ4v) is 3.75. The molecule has 156 valence electrons. The van der Waals surface area contributed by atoms with Crippen molar-refractivity contribution in [2.45, 2.75) is 0 Å². The summed E-state index contributed by atoms with van der Waals surface area (Å²) >= 11 is 0. The number of anilines is 1. The molecule has 4 heterocycles. The Labute approximate surface area is 177 Å². The van der Waals surface area contributed by atoms with Gasteiger partial charge in [0.15, 0.2) is 11.5 Å². The summed E-state index contributed by atoms with van der Waals surface area (Å²) in [6.45, 7) is 2.48. The van der Waals surface area contributed by atoms with Gasteiger partial charge in [-0.25, -0.2) is 4.98 Å². The molecule has 0 unspecified atom stereocenters. The van der Waals surface area contributed by atoms with Gasteiger partial charge in [0.05, 0.1) is 17.2 Å². The molecule has 4 aromatic rings. The van der Waals surface area contributed by atoms with Crippen LogP contribution in [0.2, 0.25) is 0 Å². The number of carbonyl (C=O) groups is 1. The Bertz CT molecular complexity index is 1310. The summed E-state index contributed by atoms with van der Waals surface area (Å²) < 4.78 is 6.80. The first-order chi connectivity index (χ1) is 15.1. The van der Waals surface area contributed by atoms with E-state index in [-0.39, 0.29) is 17.2 Å². The molecular weight excluding hydrogens is 396 g/mol. The van der Waals surface area contributed by atoms with Crippen LogP contribution < -0.4 is 10.5 Å². The fourth-order valence-electron chi connectivity index (χ4n) is 3.75. The van der Waals surface area contributed by atoms with Crippen LogP contribution in [-0.2, 0) is 7.05 Å². The van der Waals surface area contributed by atoms with Gasteiger partial charge in [0.2, 0.25) is 0 Å². The number of fused-ring (bicyclic) bond motifs is 1. The topological polar surface area (TPSA) is 97.4 Å². The number of aromatic nitrogens is 4. The second-order valence-corrected chi connectivity index (χ2v) is 7.46.